The Balaban J connectivity index is 1.81. The van der Waals surface area contributed by atoms with E-state index in [1.807, 2.05) is 0 Å². The van der Waals surface area contributed by atoms with Crippen LogP contribution < -0.4 is 11.1 Å². The summed E-state index contributed by atoms with van der Waals surface area (Å²) in [6.45, 7) is -0.199. The molecule has 0 fully saturated rings. The second-order valence-electron chi connectivity index (χ2n) is 5.86. The number of benzene rings is 2. The van der Waals surface area contributed by atoms with E-state index in [2.05, 4.69) is 5.32 Å². The predicted molar refractivity (Wildman–Crippen MR) is 98.7 cm³/mol. The Morgan fingerprint density at radius 1 is 1.11 bits per heavy atom. The van der Waals surface area contributed by atoms with Crippen molar-refractivity contribution >= 4 is 40.1 Å². The van der Waals surface area contributed by atoms with Crippen LogP contribution in [0, 0.1) is 5.82 Å². The lowest BCUT2D eigenvalue weighted by atomic mass is 10.1. The third-order valence-corrected chi connectivity index (χ3v) is 4.45. The quantitative estimate of drug-likeness (QED) is 0.502. The molecule has 0 atom stereocenters. The third kappa shape index (κ3) is 3.83. The number of nitrogens with zero attached hydrogens (tertiary/aromatic N) is 1. The number of nitrogens with one attached hydrogen (secondary N) is 1. The first-order chi connectivity index (χ1) is 12.9. The molecular weight excluding hydrogens is 373 g/mol. The molecule has 0 saturated carbocycles. The van der Waals surface area contributed by atoms with Gasteiger partial charge in [-0.3, -0.25) is 14.4 Å². The van der Waals surface area contributed by atoms with Gasteiger partial charge < -0.3 is 15.6 Å². The molecule has 3 rings (SSSR count). The van der Waals surface area contributed by atoms with Gasteiger partial charge in [-0.2, -0.15) is 0 Å². The van der Waals surface area contributed by atoms with Crippen molar-refractivity contribution in [2.75, 3.05) is 0 Å². The van der Waals surface area contributed by atoms with Crippen molar-refractivity contribution in [1.82, 2.24) is 9.88 Å². The molecule has 2 aromatic carbocycles. The molecule has 3 N–H and O–H groups in total. The second kappa shape index (κ2) is 7.59. The van der Waals surface area contributed by atoms with Crippen LogP contribution in [0.2, 0.25) is 5.02 Å². The van der Waals surface area contributed by atoms with Gasteiger partial charge in [0, 0.05) is 34.2 Å². The van der Waals surface area contributed by atoms with E-state index >= 15 is 0 Å². The van der Waals surface area contributed by atoms with Crippen LogP contribution in [0.5, 0.6) is 0 Å². The Morgan fingerprint density at radius 3 is 2.56 bits per heavy atom. The number of amides is 2. The highest BCUT2D eigenvalue weighted by Gasteiger charge is 2.20. The van der Waals surface area contributed by atoms with Crippen LogP contribution in [0.1, 0.15) is 15.9 Å². The SMILES string of the molecule is NC(=O)C(=O)c1cn(CC(=O)NCc2c(F)cccc2Cl)c2ccccc12. The van der Waals surface area contributed by atoms with Gasteiger partial charge >= 0.3 is 0 Å². The monoisotopic (exact) mass is 387 g/mol. The van der Waals surface area contributed by atoms with E-state index in [1.54, 1.807) is 24.3 Å². The molecular formula is C19H15ClFN3O3. The zero-order valence-corrected chi connectivity index (χ0v) is 14.8. The number of hydrogen-bond donors (Lipinski definition) is 2. The van der Waals surface area contributed by atoms with Crippen molar-refractivity contribution in [2.24, 2.45) is 5.73 Å². The molecule has 6 nitrogen and oxygen atoms in total. The summed E-state index contributed by atoms with van der Waals surface area (Å²) in [7, 11) is 0. The molecule has 27 heavy (non-hydrogen) atoms. The number of primary amides is 1. The normalized spacial score (nSPS) is 10.7. The first-order valence-corrected chi connectivity index (χ1v) is 8.38. The van der Waals surface area contributed by atoms with Crippen molar-refractivity contribution in [3.05, 3.63) is 70.6 Å². The van der Waals surface area contributed by atoms with Gasteiger partial charge in [-0.1, -0.05) is 35.9 Å². The van der Waals surface area contributed by atoms with Crippen LogP contribution in [0.15, 0.2) is 48.7 Å². The molecule has 1 aromatic heterocycles. The zero-order chi connectivity index (χ0) is 19.6. The van der Waals surface area contributed by atoms with Crippen LogP contribution in [0.4, 0.5) is 4.39 Å². The van der Waals surface area contributed by atoms with Crippen molar-refractivity contribution in [3.63, 3.8) is 0 Å². The van der Waals surface area contributed by atoms with Gasteiger partial charge in [0.25, 0.3) is 11.7 Å². The molecule has 0 aliphatic carbocycles. The van der Waals surface area contributed by atoms with Crippen LogP contribution in [-0.4, -0.2) is 22.2 Å². The number of nitrogens with two attached hydrogens (primary N) is 1. The standard InChI is InChI=1S/C19H15ClFN3O3/c20-14-5-3-6-15(21)12(14)8-23-17(25)10-24-9-13(18(26)19(22)27)11-4-1-2-7-16(11)24/h1-7,9H,8,10H2,(H2,22,27)(H,23,25). The van der Waals surface area contributed by atoms with Crippen molar-refractivity contribution in [3.8, 4) is 0 Å². The number of halogens is 2. The van der Waals surface area contributed by atoms with E-state index in [0.29, 0.717) is 10.9 Å². The van der Waals surface area contributed by atoms with E-state index in [9.17, 15) is 18.8 Å². The molecule has 0 aliphatic heterocycles. The Hall–Kier alpha value is -3.19. The lowest BCUT2D eigenvalue weighted by Crippen LogP contribution is -2.27. The summed E-state index contributed by atoms with van der Waals surface area (Å²) in [6, 6.07) is 11.1. The highest BCUT2D eigenvalue weighted by molar-refractivity contribution is 6.44. The highest BCUT2D eigenvalue weighted by Crippen LogP contribution is 2.22. The summed E-state index contributed by atoms with van der Waals surface area (Å²) in [5.74, 6) is -2.82. The van der Waals surface area contributed by atoms with Crippen molar-refractivity contribution in [1.29, 1.82) is 0 Å². The smallest absolute Gasteiger partial charge is 0.289 e. The molecule has 0 bridgehead atoms. The average Bonchev–Trinajstić information content (AvgIpc) is 2.99. The van der Waals surface area contributed by atoms with Gasteiger partial charge in [0.15, 0.2) is 0 Å². The summed E-state index contributed by atoms with van der Waals surface area (Å²) >= 11 is 5.94. The summed E-state index contributed by atoms with van der Waals surface area (Å²) in [4.78, 5) is 35.5. The minimum Gasteiger partial charge on any atom is -0.363 e. The van der Waals surface area contributed by atoms with E-state index in [4.69, 9.17) is 17.3 Å². The molecule has 2 amide bonds. The van der Waals surface area contributed by atoms with Crippen LogP contribution in [0.25, 0.3) is 10.9 Å². The number of ketones is 1. The third-order valence-electron chi connectivity index (χ3n) is 4.09. The molecule has 0 unspecified atom stereocenters. The minimum atomic E-state index is -1.07. The first kappa shape index (κ1) is 18.6. The highest BCUT2D eigenvalue weighted by atomic mass is 35.5. The van der Waals surface area contributed by atoms with Gasteiger partial charge in [-0.15, -0.1) is 0 Å². The number of rotatable bonds is 6. The van der Waals surface area contributed by atoms with Gasteiger partial charge in [0.1, 0.15) is 12.4 Å². The second-order valence-corrected chi connectivity index (χ2v) is 6.27. The Morgan fingerprint density at radius 2 is 1.85 bits per heavy atom. The van der Waals surface area contributed by atoms with Crippen molar-refractivity contribution in [2.45, 2.75) is 13.1 Å². The fourth-order valence-corrected chi connectivity index (χ4v) is 3.02. The first-order valence-electron chi connectivity index (χ1n) is 8.00. The van der Waals surface area contributed by atoms with Crippen LogP contribution >= 0.6 is 11.6 Å². The van der Waals surface area contributed by atoms with E-state index in [-0.39, 0.29) is 29.2 Å². The van der Waals surface area contributed by atoms with Crippen LogP contribution in [-0.2, 0) is 22.7 Å². The number of carbonyl (C=O) groups is 3. The fourth-order valence-electron chi connectivity index (χ4n) is 2.79. The molecule has 0 saturated heterocycles. The lowest BCUT2D eigenvalue weighted by Gasteiger charge is -2.09. The number of para-hydroxylation sites is 1. The van der Waals surface area contributed by atoms with Gasteiger partial charge in [-0.05, 0) is 18.2 Å². The van der Waals surface area contributed by atoms with Crippen LogP contribution in [0.3, 0.4) is 0 Å². The molecule has 0 aliphatic rings. The molecule has 3 aromatic rings. The average molecular weight is 388 g/mol. The van der Waals surface area contributed by atoms with E-state index < -0.39 is 23.4 Å². The summed E-state index contributed by atoms with van der Waals surface area (Å²) in [6.07, 6.45) is 1.41. The number of carbonyl (C=O) groups excluding carboxylic acids is 3. The molecule has 0 spiro atoms. The van der Waals surface area contributed by atoms with Gasteiger partial charge in [0.2, 0.25) is 5.91 Å². The molecule has 138 valence electrons. The topological polar surface area (TPSA) is 94.2 Å². The van der Waals surface area contributed by atoms with Gasteiger partial charge in [-0.25, -0.2) is 4.39 Å². The largest absolute Gasteiger partial charge is 0.363 e. The Bertz CT molecular complexity index is 1040. The Kier molecular flexibility index (Phi) is 5.23. The van der Waals surface area contributed by atoms with Gasteiger partial charge in [0.05, 0.1) is 5.56 Å². The fraction of sp³-hybridized carbons (Fsp3) is 0.105. The minimum absolute atomic E-state index is 0.0728. The molecule has 1 heterocycles. The molecule has 8 heteroatoms. The number of aromatic nitrogens is 1. The molecule has 0 radical (unpaired) electrons. The maximum absolute atomic E-state index is 13.8. The number of Topliss-reactive ketones (excluding diaryl/α,β-unsaturated/α-hetero) is 1. The summed E-state index contributed by atoms with van der Waals surface area (Å²) in [5, 5.41) is 3.33. The van der Waals surface area contributed by atoms with E-state index in [0.717, 1.165) is 0 Å². The maximum atomic E-state index is 13.8. The lowest BCUT2D eigenvalue weighted by molar-refractivity contribution is -0.121. The Labute approximate surface area is 158 Å². The predicted octanol–water partition coefficient (Wildman–Crippen LogP) is 2.42. The van der Waals surface area contributed by atoms with E-state index in [1.165, 1.54) is 29.0 Å². The summed E-state index contributed by atoms with van der Waals surface area (Å²) < 4.78 is 15.3. The number of fused-ring (bicyclic) bond motifs is 1. The summed E-state index contributed by atoms with van der Waals surface area (Å²) in [5.41, 5.74) is 6.00. The zero-order valence-electron chi connectivity index (χ0n) is 14.0. The van der Waals surface area contributed by atoms with Crippen molar-refractivity contribution < 1.29 is 18.8 Å². The number of hydrogen-bond acceptors (Lipinski definition) is 3. The maximum Gasteiger partial charge on any atom is 0.289 e.